The van der Waals surface area contributed by atoms with Gasteiger partial charge in [-0.15, -0.1) is 11.8 Å². The first-order chi connectivity index (χ1) is 10.5. The first-order valence-corrected chi connectivity index (χ1v) is 9.62. The van der Waals surface area contributed by atoms with Crippen LogP contribution >= 0.6 is 11.8 Å². The van der Waals surface area contributed by atoms with Gasteiger partial charge in [0.1, 0.15) is 0 Å². The molecule has 0 radical (unpaired) electrons. The Hall–Kier alpha value is -1.59. The van der Waals surface area contributed by atoms with E-state index in [0.717, 1.165) is 16.1 Å². The Bertz CT molecular complexity index is 669. The van der Waals surface area contributed by atoms with Crippen LogP contribution in [0.25, 0.3) is 0 Å². The lowest BCUT2D eigenvalue weighted by molar-refractivity contribution is -0.113. The van der Waals surface area contributed by atoms with Gasteiger partial charge in [0.15, 0.2) is 0 Å². The molecule has 1 unspecified atom stereocenters. The highest BCUT2D eigenvalue weighted by Crippen LogP contribution is 2.19. The molecule has 0 spiro atoms. The summed E-state index contributed by atoms with van der Waals surface area (Å²) in [6.07, 6.45) is 1.67. The van der Waals surface area contributed by atoms with Crippen molar-refractivity contribution in [1.29, 1.82) is 0 Å². The van der Waals surface area contributed by atoms with Crippen LogP contribution in [0.1, 0.15) is 11.1 Å². The van der Waals surface area contributed by atoms with E-state index in [1.54, 1.807) is 6.26 Å². The SMILES string of the molecule is Cc1ccc(SCC(=O)Nc2cccc(CS(C)=O)c2)cc1. The van der Waals surface area contributed by atoms with Gasteiger partial charge in [-0.3, -0.25) is 9.00 Å². The number of thioether (sulfide) groups is 1. The fourth-order valence-corrected chi connectivity index (χ4v) is 3.30. The van der Waals surface area contributed by atoms with E-state index in [1.165, 1.54) is 17.3 Å². The molecule has 1 atom stereocenters. The van der Waals surface area contributed by atoms with E-state index in [2.05, 4.69) is 5.32 Å². The number of amides is 1. The van der Waals surface area contributed by atoms with Gasteiger partial charge in [0.2, 0.25) is 5.91 Å². The minimum Gasteiger partial charge on any atom is -0.325 e. The van der Waals surface area contributed by atoms with Gasteiger partial charge < -0.3 is 5.32 Å². The molecule has 0 heterocycles. The van der Waals surface area contributed by atoms with Gasteiger partial charge >= 0.3 is 0 Å². The van der Waals surface area contributed by atoms with Crippen molar-refractivity contribution in [2.75, 3.05) is 17.3 Å². The minimum atomic E-state index is -0.885. The molecule has 0 fully saturated rings. The summed E-state index contributed by atoms with van der Waals surface area (Å²) in [6.45, 7) is 2.04. The second-order valence-electron chi connectivity index (χ2n) is 5.07. The Morgan fingerprint density at radius 3 is 2.59 bits per heavy atom. The lowest BCUT2D eigenvalue weighted by atomic mass is 10.2. The Kier molecular flexibility index (Phi) is 6.21. The number of carbonyl (C=O) groups is 1. The predicted octanol–water partition coefficient (Wildman–Crippen LogP) is 3.60. The summed E-state index contributed by atoms with van der Waals surface area (Å²) in [6, 6.07) is 15.6. The van der Waals surface area contributed by atoms with E-state index in [4.69, 9.17) is 0 Å². The van der Waals surface area contributed by atoms with E-state index in [0.29, 0.717) is 11.5 Å². The molecule has 0 aliphatic carbocycles. The molecule has 1 amide bonds. The smallest absolute Gasteiger partial charge is 0.234 e. The Morgan fingerprint density at radius 2 is 1.91 bits per heavy atom. The molecular formula is C17H19NO2S2. The highest BCUT2D eigenvalue weighted by atomic mass is 32.2. The van der Waals surface area contributed by atoms with Crippen molar-refractivity contribution < 1.29 is 9.00 Å². The monoisotopic (exact) mass is 333 g/mol. The van der Waals surface area contributed by atoms with Gasteiger partial charge in [-0.05, 0) is 36.8 Å². The van der Waals surface area contributed by atoms with E-state index in [9.17, 15) is 9.00 Å². The average Bonchev–Trinajstić information content (AvgIpc) is 2.46. The number of rotatable bonds is 6. The number of aryl methyl sites for hydroxylation is 1. The summed E-state index contributed by atoms with van der Waals surface area (Å²) < 4.78 is 11.3. The summed E-state index contributed by atoms with van der Waals surface area (Å²) in [5, 5.41) is 2.88. The van der Waals surface area contributed by atoms with Gasteiger partial charge in [0.25, 0.3) is 0 Å². The van der Waals surface area contributed by atoms with E-state index in [1.807, 2.05) is 55.5 Å². The van der Waals surface area contributed by atoms with Gasteiger partial charge in [-0.2, -0.15) is 0 Å². The first kappa shape index (κ1) is 16.8. The molecule has 22 heavy (non-hydrogen) atoms. The molecule has 2 aromatic rings. The van der Waals surface area contributed by atoms with E-state index < -0.39 is 10.8 Å². The predicted molar refractivity (Wildman–Crippen MR) is 94.7 cm³/mol. The van der Waals surface area contributed by atoms with Crippen LogP contribution in [0.4, 0.5) is 5.69 Å². The van der Waals surface area contributed by atoms with E-state index in [-0.39, 0.29) is 5.91 Å². The number of anilines is 1. The van der Waals surface area contributed by atoms with Crippen molar-refractivity contribution in [2.24, 2.45) is 0 Å². The lowest BCUT2D eigenvalue weighted by Crippen LogP contribution is -2.14. The third kappa shape index (κ3) is 5.66. The molecule has 2 rings (SSSR count). The standard InChI is InChI=1S/C17H19NO2S2/c1-13-6-8-16(9-7-13)21-11-17(19)18-15-5-3-4-14(10-15)12-22(2)20/h3-10H,11-12H2,1-2H3,(H,18,19). The fraction of sp³-hybridized carbons (Fsp3) is 0.235. The third-order valence-electron chi connectivity index (χ3n) is 2.97. The molecule has 0 bridgehead atoms. The zero-order chi connectivity index (χ0) is 15.9. The van der Waals surface area contributed by atoms with Gasteiger partial charge in [-0.25, -0.2) is 0 Å². The maximum atomic E-state index is 12.0. The summed E-state index contributed by atoms with van der Waals surface area (Å²) in [7, 11) is -0.885. The molecule has 1 N–H and O–H groups in total. The van der Waals surface area contributed by atoms with Gasteiger partial charge in [0, 0.05) is 33.4 Å². The maximum absolute atomic E-state index is 12.0. The van der Waals surface area contributed by atoms with Crippen molar-refractivity contribution in [1.82, 2.24) is 0 Å². The number of benzene rings is 2. The summed E-state index contributed by atoms with van der Waals surface area (Å²) in [5.41, 5.74) is 2.92. The second kappa shape index (κ2) is 8.15. The third-order valence-corrected chi connectivity index (χ3v) is 4.72. The van der Waals surface area contributed by atoms with Crippen molar-refractivity contribution in [3.8, 4) is 0 Å². The van der Waals surface area contributed by atoms with Gasteiger partial charge in [0.05, 0.1) is 5.75 Å². The maximum Gasteiger partial charge on any atom is 0.234 e. The summed E-state index contributed by atoms with van der Waals surface area (Å²) in [5.74, 6) is 0.829. The lowest BCUT2D eigenvalue weighted by Gasteiger charge is -2.07. The van der Waals surface area contributed by atoms with Crippen LogP contribution in [0.2, 0.25) is 0 Å². The Morgan fingerprint density at radius 1 is 1.18 bits per heavy atom. The van der Waals surface area contributed by atoms with Crippen molar-refractivity contribution in [2.45, 2.75) is 17.6 Å². The Balaban J connectivity index is 1.89. The zero-order valence-corrected chi connectivity index (χ0v) is 14.3. The molecular weight excluding hydrogens is 314 g/mol. The summed E-state index contributed by atoms with van der Waals surface area (Å²) in [4.78, 5) is 13.1. The zero-order valence-electron chi connectivity index (χ0n) is 12.7. The van der Waals surface area contributed by atoms with Crippen LogP contribution in [-0.4, -0.2) is 22.1 Å². The molecule has 5 heteroatoms. The van der Waals surface area contributed by atoms with Crippen LogP contribution in [-0.2, 0) is 21.3 Å². The number of carbonyl (C=O) groups excluding carboxylic acids is 1. The van der Waals surface area contributed by atoms with Crippen LogP contribution < -0.4 is 5.32 Å². The summed E-state index contributed by atoms with van der Waals surface area (Å²) >= 11 is 1.51. The quantitative estimate of drug-likeness (QED) is 0.822. The first-order valence-electron chi connectivity index (χ1n) is 6.91. The van der Waals surface area contributed by atoms with Crippen molar-refractivity contribution in [3.05, 3.63) is 59.7 Å². The number of hydrogen-bond donors (Lipinski definition) is 1. The highest BCUT2D eigenvalue weighted by molar-refractivity contribution is 8.00. The largest absolute Gasteiger partial charge is 0.325 e. The fourth-order valence-electron chi connectivity index (χ4n) is 1.95. The molecule has 0 saturated heterocycles. The molecule has 0 aliphatic heterocycles. The molecule has 0 aliphatic rings. The molecule has 0 saturated carbocycles. The van der Waals surface area contributed by atoms with Gasteiger partial charge in [-0.1, -0.05) is 29.8 Å². The topological polar surface area (TPSA) is 46.2 Å². The minimum absolute atomic E-state index is 0.0413. The van der Waals surface area contributed by atoms with Crippen molar-refractivity contribution in [3.63, 3.8) is 0 Å². The van der Waals surface area contributed by atoms with Crippen LogP contribution in [0.15, 0.2) is 53.4 Å². The average molecular weight is 333 g/mol. The number of nitrogens with one attached hydrogen (secondary N) is 1. The molecule has 116 valence electrons. The van der Waals surface area contributed by atoms with Crippen LogP contribution in [0, 0.1) is 6.92 Å². The van der Waals surface area contributed by atoms with Crippen LogP contribution in [0.3, 0.4) is 0 Å². The molecule has 0 aromatic heterocycles. The Labute approximate surface area is 138 Å². The second-order valence-corrected chi connectivity index (χ2v) is 7.55. The number of hydrogen-bond acceptors (Lipinski definition) is 3. The van der Waals surface area contributed by atoms with Crippen molar-refractivity contribution >= 4 is 34.2 Å². The highest BCUT2D eigenvalue weighted by Gasteiger charge is 2.05. The van der Waals surface area contributed by atoms with Crippen LogP contribution in [0.5, 0.6) is 0 Å². The normalized spacial score (nSPS) is 11.9. The molecule has 2 aromatic carbocycles. The van der Waals surface area contributed by atoms with E-state index >= 15 is 0 Å². The molecule has 3 nitrogen and oxygen atoms in total.